The van der Waals surface area contributed by atoms with Gasteiger partial charge in [-0.2, -0.15) is 5.26 Å². The maximum Gasteiger partial charge on any atom is 0.186 e. The van der Waals surface area contributed by atoms with Crippen LogP contribution in [0.4, 0.5) is 0 Å². The molecule has 0 N–H and O–H groups in total. The van der Waals surface area contributed by atoms with Gasteiger partial charge in [0.15, 0.2) is 6.10 Å². The van der Waals surface area contributed by atoms with Crippen LogP contribution in [-0.2, 0) is 4.74 Å². The number of thiazole rings is 1. The molecule has 0 aliphatic heterocycles. The van der Waals surface area contributed by atoms with E-state index in [0.29, 0.717) is 5.69 Å². The van der Waals surface area contributed by atoms with E-state index in [1.165, 1.54) is 18.4 Å². The highest BCUT2D eigenvalue weighted by Gasteiger charge is 2.11. The van der Waals surface area contributed by atoms with Gasteiger partial charge in [-0.05, 0) is 6.92 Å². The van der Waals surface area contributed by atoms with Crippen LogP contribution in [0.15, 0.2) is 5.38 Å². The quantitative estimate of drug-likeness (QED) is 0.674. The minimum Gasteiger partial charge on any atom is -0.360 e. The van der Waals surface area contributed by atoms with Crippen LogP contribution in [0.2, 0.25) is 0 Å². The molecule has 0 spiro atoms. The average molecular weight is 168 g/mol. The summed E-state index contributed by atoms with van der Waals surface area (Å²) in [5.41, 5.74) is 0.706. The van der Waals surface area contributed by atoms with Gasteiger partial charge in [-0.15, -0.1) is 11.3 Å². The summed E-state index contributed by atoms with van der Waals surface area (Å²) in [6.45, 7) is 1.90. The Hall–Kier alpha value is -0.920. The predicted octanol–water partition coefficient (Wildman–Crippen LogP) is 1.66. The van der Waals surface area contributed by atoms with Crippen molar-refractivity contribution in [3.63, 3.8) is 0 Å². The third kappa shape index (κ3) is 1.76. The second kappa shape index (κ2) is 3.46. The van der Waals surface area contributed by atoms with E-state index >= 15 is 0 Å². The second-order valence-corrected chi connectivity index (χ2v) is 3.10. The van der Waals surface area contributed by atoms with Gasteiger partial charge in [0.1, 0.15) is 6.07 Å². The lowest BCUT2D eigenvalue weighted by atomic mass is 10.3. The highest BCUT2D eigenvalue weighted by atomic mass is 32.1. The maximum absolute atomic E-state index is 8.58. The van der Waals surface area contributed by atoms with Crippen molar-refractivity contribution in [2.45, 2.75) is 13.0 Å². The zero-order valence-corrected chi connectivity index (χ0v) is 7.18. The molecule has 1 aromatic heterocycles. The molecular weight excluding hydrogens is 160 g/mol. The van der Waals surface area contributed by atoms with Crippen LogP contribution in [0.5, 0.6) is 0 Å². The molecule has 1 unspecified atom stereocenters. The van der Waals surface area contributed by atoms with Crippen LogP contribution in [0.3, 0.4) is 0 Å². The molecule has 0 fully saturated rings. The van der Waals surface area contributed by atoms with Gasteiger partial charge < -0.3 is 4.74 Å². The summed E-state index contributed by atoms with van der Waals surface area (Å²) in [5, 5.41) is 11.4. The molecule has 1 aromatic rings. The Kier molecular flexibility index (Phi) is 2.58. The standard InChI is InChI=1S/C7H8N2OS/c1-5-9-6(4-11-5)7(3-8)10-2/h4,7H,1-2H3. The molecule has 0 amide bonds. The minimum absolute atomic E-state index is 0.514. The Morgan fingerprint density at radius 2 is 2.55 bits per heavy atom. The lowest BCUT2D eigenvalue weighted by Crippen LogP contribution is -1.97. The molecule has 3 nitrogen and oxygen atoms in total. The topological polar surface area (TPSA) is 45.9 Å². The van der Waals surface area contributed by atoms with E-state index in [1.807, 2.05) is 18.4 Å². The number of aryl methyl sites for hydroxylation is 1. The fraction of sp³-hybridized carbons (Fsp3) is 0.429. The molecule has 0 radical (unpaired) electrons. The Morgan fingerprint density at radius 1 is 1.82 bits per heavy atom. The molecule has 1 heterocycles. The number of hydrogen-bond donors (Lipinski definition) is 0. The Bertz CT molecular complexity index is 276. The van der Waals surface area contributed by atoms with Gasteiger partial charge in [0.2, 0.25) is 0 Å². The van der Waals surface area contributed by atoms with Gasteiger partial charge in [0.05, 0.1) is 10.7 Å². The second-order valence-electron chi connectivity index (χ2n) is 2.04. The number of nitrogens with zero attached hydrogens (tertiary/aromatic N) is 2. The third-order valence-corrected chi connectivity index (χ3v) is 2.05. The zero-order valence-electron chi connectivity index (χ0n) is 6.37. The molecule has 0 saturated heterocycles. The summed E-state index contributed by atoms with van der Waals surface area (Å²) < 4.78 is 4.88. The van der Waals surface area contributed by atoms with E-state index in [0.717, 1.165) is 5.01 Å². The Balaban J connectivity index is 2.84. The van der Waals surface area contributed by atoms with Crippen LogP contribution < -0.4 is 0 Å². The van der Waals surface area contributed by atoms with Gasteiger partial charge in [0.25, 0.3) is 0 Å². The molecule has 0 aromatic carbocycles. The molecule has 58 valence electrons. The average Bonchev–Trinajstić information content (AvgIpc) is 2.39. The van der Waals surface area contributed by atoms with E-state index in [4.69, 9.17) is 10.00 Å². The zero-order chi connectivity index (χ0) is 8.27. The maximum atomic E-state index is 8.58. The van der Waals surface area contributed by atoms with Crippen LogP contribution in [0, 0.1) is 18.3 Å². The number of hydrogen-bond acceptors (Lipinski definition) is 4. The van der Waals surface area contributed by atoms with Crippen molar-refractivity contribution in [1.29, 1.82) is 5.26 Å². The molecule has 11 heavy (non-hydrogen) atoms. The van der Waals surface area contributed by atoms with Crippen LogP contribution >= 0.6 is 11.3 Å². The van der Waals surface area contributed by atoms with E-state index in [2.05, 4.69) is 4.98 Å². The normalized spacial score (nSPS) is 12.5. The molecule has 4 heteroatoms. The molecular formula is C7H8N2OS. The Labute approximate surface area is 69.3 Å². The van der Waals surface area contributed by atoms with Gasteiger partial charge in [-0.1, -0.05) is 0 Å². The summed E-state index contributed by atoms with van der Waals surface area (Å²) >= 11 is 1.52. The lowest BCUT2D eigenvalue weighted by molar-refractivity contribution is 0.145. The fourth-order valence-electron chi connectivity index (χ4n) is 0.740. The van der Waals surface area contributed by atoms with Crippen molar-refractivity contribution in [3.8, 4) is 6.07 Å². The first kappa shape index (κ1) is 8.18. The van der Waals surface area contributed by atoms with Gasteiger partial charge >= 0.3 is 0 Å². The molecule has 1 rings (SSSR count). The smallest absolute Gasteiger partial charge is 0.186 e. The highest BCUT2D eigenvalue weighted by molar-refractivity contribution is 7.09. The van der Waals surface area contributed by atoms with E-state index in [1.54, 1.807) is 0 Å². The van der Waals surface area contributed by atoms with Crippen LogP contribution in [-0.4, -0.2) is 12.1 Å². The number of ether oxygens (including phenoxy) is 1. The minimum atomic E-state index is -0.514. The highest BCUT2D eigenvalue weighted by Crippen LogP contribution is 2.17. The van der Waals surface area contributed by atoms with Gasteiger partial charge in [0, 0.05) is 12.5 Å². The van der Waals surface area contributed by atoms with Crippen molar-refractivity contribution in [2.75, 3.05) is 7.11 Å². The third-order valence-electron chi connectivity index (χ3n) is 1.26. The number of nitriles is 1. The molecule has 0 saturated carbocycles. The number of methoxy groups -OCH3 is 1. The summed E-state index contributed by atoms with van der Waals surface area (Å²) in [4.78, 5) is 4.12. The van der Waals surface area contributed by atoms with Crippen molar-refractivity contribution < 1.29 is 4.74 Å². The first-order chi connectivity index (χ1) is 5.27. The van der Waals surface area contributed by atoms with Gasteiger partial charge in [-0.3, -0.25) is 0 Å². The molecule has 0 bridgehead atoms. The number of rotatable bonds is 2. The summed E-state index contributed by atoms with van der Waals surface area (Å²) in [5.74, 6) is 0. The molecule has 1 atom stereocenters. The van der Waals surface area contributed by atoms with Crippen molar-refractivity contribution >= 4 is 11.3 Å². The SMILES string of the molecule is COC(C#N)c1csc(C)n1. The predicted molar refractivity (Wildman–Crippen MR) is 42.2 cm³/mol. The van der Waals surface area contributed by atoms with E-state index in [-0.39, 0.29) is 0 Å². The van der Waals surface area contributed by atoms with Crippen molar-refractivity contribution in [3.05, 3.63) is 16.1 Å². The molecule has 0 aliphatic rings. The van der Waals surface area contributed by atoms with E-state index in [9.17, 15) is 0 Å². The largest absolute Gasteiger partial charge is 0.360 e. The van der Waals surface area contributed by atoms with E-state index < -0.39 is 6.10 Å². The Morgan fingerprint density at radius 3 is 2.91 bits per heavy atom. The fourth-order valence-corrected chi connectivity index (χ4v) is 1.37. The summed E-state index contributed by atoms with van der Waals surface area (Å²) in [6.07, 6.45) is -0.514. The van der Waals surface area contributed by atoms with Crippen LogP contribution in [0.25, 0.3) is 0 Å². The summed E-state index contributed by atoms with van der Waals surface area (Å²) in [7, 11) is 1.50. The first-order valence-electron chi connectivity index (χ1n) is 3.12. The molecule has 0 aliphatic carbocycles. The van der Waals surface area contributed by atoms with Crippen LogP contribution in [0.1, 0.15) is 16.8 Å². The van der Waals surface area contributed by atoms with Crippen molar-refractivity contribution in [2.24, 2.45) is 0 Å². The first-order valence-corrected chi connectivity index (χ1v) is 4.00. The van der Waals surface area contributed by atoms with Gasteiger partial charge in [-0.25, -0.2) is 4.98 Å². The van der Waals surface area contributed by atoms with Crippen molar-refractivity contribution in [1.82, 2.24) is 4.98 Å². The lowest BCUT2D eigenvalue weighted by Gasteiger charge is -2.00. The summed E-state index contributed by atoms with van der Waals surface area (Å²) in [6, 6.07) is 2.00. The monoisotopic (exact) mass is 168 g/mol. The number of aromatic nitrogens is 1.